The van der Waals surface area contributed by atoms with Gasteiger partial charge in [0.15, 0.2) is 0 Å². The van der Waals surface area contributed by atoms with E-state index in [-0.39, 0.29) is 26.6 Å². The van der Waals surface area contributed by atoms with Crippen molar-refractivity contribution in [1.82, 2.24) is 0 Å². The number of benzene rings is 1. The topological polar surface area (TPSA) is 138 Å². The first-order valence-corrected chi connectivity index (χ1v) is 10.4. The molecule has 0 radical (unpaired) electrons. The van der Waals surface area contributed by atoms with Crippen molar-refractivity contribution in [1.29, 1.82) is 0 Å². The third-order valence-corrected chi connectivity index (χ3v) is 4.33. The van der Waals surface area contributed by atoms with E-state index in [1.807, 2.05) is 0 Å². The van der Waals surface area contributed by atoms with Gasteiger partial charge >= 0.3 is 0 Å². The Balaban J connectivity index is 3.21. The molecule has 0 aliphatic rings. The van der Waals surface area contributed by atoms with Crippen molar-refractivity contribution < 1.29 is 36.3 Å². The molecule has 0 bridgehead atoms. The molecule has 29 heavy (non-hydrogen) atoms. The summed E-state index contributed by atoms with van der Waals surface area (Å²) in [6.45, 7) is -0.396. The molecule has 1 aromatic carbocycles. The fourth-order valence-electron chi connectivity index (χ4n) is 2.55. The number of hydrogen-bond donors (Lipinski definition) is 0. The lowest BCUT2D eigenvalue weighted by atomic mass is 10.00. The van der Waals surface area contributed by atoms with E-state index in [9.17, 15) is 8.42 Å². The molecule has 0 aliphatic heterocycles. The van der Waals surface area contributed by atoms with Crippen LogP contribution in [0.25, 0.3) is 10.4 Å². The third-order valence-electron chi connectivity index (χ3n) is 3.73. The second-order valence-electron chi connectivity index (χ2n) is 5.95. The van der Waals surface area contributed by atoms with Gasteiger partial charge in [-0.3, -0.25) is 4.18 Å². The van der Waals surface area contributed by atoms with E-state index < -0.39 is 28.4 Å². The molecule has 0 amide bonds. The number of hydrogen-bond acceptors (Lipinski definition) is 9. The molecule has 164 valence electrons. The van der Waals surface area contributed by atoms with Crippen LogP contribution >= 0.6 is 0 Å². The van der Waals surface area contributed by atoms with Gasteiger partial charge in [0.2, 0.25) is 0 Å². The van der Waals surface area contributed by atoms with Crippen LogP contribution in [0.3, 0.4) is 0 Å². The van der Waals surface area contributed by atoms with Gasteiger partial charge in [0.05, 0.1) is 26.0 Å². The minimum absolute atomic E-state index is 0.118. The summed E-state index contributed by atoms with van der Waals surface area (Å²) in [5, 5.41) is 3.52. The Morgan fingerprint density at radius 2 is 1.66 bits per heavy atom. The third kappa shape index (κ3) is 9.90. The highest BCUT2D eigenvalue weighted by atomic mass is 32.2. The summed E-state index contributed by atoms with van der Waals surface area (Å²) in [6, 6.07) is 7.06. The van der Waals surface area contributed by atoms with Crippen LogP contribution in [0.4, 0.5) is 0 Å². The minimum Gasteiger partial charge on any atom is -0.497 e. The number of ether oxygens (including phenoxy) is 5. The molecular weight excluding hydrogens is 406 g/mol. The van der Waals surface area contributed by atoms with Gasteiger partial charge in [-0.2, -0.15) is 8.42 Å². The highest BCUT2D eigenvalue weighted by Gasteiger charge is 2.34. The van der Waals surface area contributed by atoms with Crippen LogP contribution in [-0.2, 0) is 39.7 Å². The van der Waals surface area contributed by atoms with E-state index in [1.54, 1.807) is 31.4 Å². The zero-order valence-electron chi connectivity index (χ0n) is 16.9. The van der Waals surface area contributed by atoms with E-state index in [1.165, 1.54) is 14.2 Å². The van der Waals surface area contributed by atoms with Crippen LogP contribution in [0.1, 0.15) is 5.56 Å². The standard InChI is InChI=1S/C17H27N3O8S/c1-23-11-26-16(10-19-20-18)17(27-12-24-2)15(28-29(4,21)22)9-13-5-7-14(25-3)8-6-13/h5-8,15-17H,9-12H2,1-4H3/t15-,16-,17-/m0/s1. The molecule has 1 rings (SSSR count). The number of nitrogens with zero attached hydrogens (tertiary/aromatic N) is 3. The summed E-state index contributed by atoms with van der Waals surface area (Å²) in [6.07, 6.45) is -1.64. The molecule has 0 aromatic heterocycles. The maximum atomic E-state index is 11.9. The first-order valence-electron chi connectivity index (χ1n) is 8.57. The molecule has 3 atom stereocenters. The van der Waals surface area contributed by atoms with E-state index in [0.717, 1.165) is 11.8 Å². The van der Waals surface area contributed by atoms with Crippen LogP contribution in [0.5, 0.6) is 5.75 Å². The lowest BCUT2D eigenvalue weighted by Crippen LogP contribution is -2.46. The monoisotopic (exact) mass is 433 g/mol. The Morgan fingerprint density at radius 3 is 2.17 bits per heavy atom. The summed E-state index contributed by atoms with van der Waals surface area (Å²) in [7, 11) is 0.562. The summed E-state index contributed by atoms with van der Waals surface area (Å²) in [5.41, 5.74) is 9.45. The van der Waals surface area contributed by atoms with Crippen molar-refractivity contribution >= 4 is 10.1 Å². The minimum atomic E-state index is -3.84. The summed E-state index contributed by atoms with van der Waals surface area (Å²) in [5.74, 6) is 0.658. The Bertz CT molecular complexity index is 738. The van der Waals surface area contributed by atoms with Crippen LogP contribution in [0.2, 0.25) is 0 Å². The van der Waals surface area contributed by atoms with Crippen molar-refractivity contribution in [2.45, 2.75) is 24.7 Å². The second-order valence-corrected chi connectivity index (χ2v) is 7.55. The summed E-state index contributed by atoms with van der Waals surface area (Å²) in [4.78, 5) is 2.73. The molecule has 0 saturated carbocycles. The SMILES string of the molecule is COCO[C@H]([C@H](CN=[N+]=[N-])OCOC)[C@H](Cc1ccc(OC)cc1)OS(C)(=O)=O. The molecule has 0 spiro atoms. The molecular formula is C17H27N3O8S. The molecule has 0 unspecified atom stereocenters. The lowest BCUT2D eigenvalue weighted by molar-refractivity contribution is -0.177. The van der Waals surface area contributed by atoms with Gasteiger partial charge in [-0.25, -0.2) is 0 Å². The van der Waals surface area contributed by atoms with Gasteiger partial charge in [-0.1, -0.05) is 17.2 Å². The van der Waals surface area contributed by atoms with Crippen molar-refractivity contribution in [3.63, 3.8) is 0 Å². The molecule has 0 saturated heterocycles. The normalized spacial score (nSPS) is 14.6. The molecule has 0 N–H and O–H groups in total. The summed E-state index contributed by atoms with van der Waals surface area (Å²) < 4.78 is 55.3. The van der Waals surface area contributed by atoms with E-state index in [4.69, 9.17) is 33.4 Å². The van der Waals surface area contributed by atoms with Crippen LogP contribution in [0, 0.1) is 0 Å². The first kappa shape index (κ1) is 25.1. The molecule has 12 heteroatoms. The molecule has 1 aromatic rings. The fraction of sp³-hybridized carbons (Fsp3) is 0.647. The zero-order chi connectivity index (χ0) is 21.7. The van der Waals surface area contributed by atoms with Crippen LogP contribution in [-0.4, -0.2) is 74.4 Å². The van der Waals surface area contributed by atoms with Gasteiger partial charge in [0.25, 0.3) is 10.1 Å². The Morgan fingerprint density at radius 1 is 1.03 bits per heavy atom. The van der Waals surface area contributed by atoms with E-state index in [0.29, 0.717) is 5.75 Å². The Hall–Kier alpha value is -1.92. The number of methoxy groups -OCH3 is 3. The average Bonchev–Trinajstić information content (AvgIpc) is 2.68. The maximum absolute atomic E-state index is 11.9. The number of azide groups is 1. The van der Waals surface area contributed by atoms with E-state index >= 15 is 0 Å². The Kier molecular flexibility index (Phi) is 11.5. The molecule has 0 fully saturated rings. The first-order chi connectivity index (χ1) is 13.8. The molecule has 0 aliphatic carbocycles. The fourth-order valence-corrected chi connectivity index (χ4v) is 3.17. The quantitative estimate of drug-likeness (QED) is 0.134. The highest BCUT2D eigenvalue weighted by Crippen LogP contribution is 2.21. The highest BCUT2D eigenvalue weighted by molar-refractivity contribution is 7.86. The lowest BCUT2D eigenvalue weighted by Gasteiger charge is -2.32. The summed E-state index contributed by atoms with van der Waals surface area (Å²) >= 11 is 0. The van der Waals surface area contributed by atoms with Gasteiger partial charge in [0, 0.05) is 25.6 Å². The van der Waals surface area contributed by atoms with E-state index in [2.05, 4.69) is 10.0 Å². The Labute approximate surface area is 170 Å². The van der Waals surface area contributed by atoms with Crippen molar-refractivity contribution in [2.75, 3.05) is 47.7 Å². The molecule has 11 nitrogen and oxygen atoms in total. The van der Waals surface area contributed by atoms with Gasteiger partial charge < -0.3 is 23.7 Å². The van der Waals surface area contributed by atoms with Crippen LogP contribution in [0.15, 0.2) is 29.4 Å². The van der Waals surface area contributed by atoms with Gasteiger partial charge in [-0.15, -0.1) is 0 Å². The van der Waals surface area contributed by atoms with Crippen molar-refractivity contribution in [3.05, 3.63) is 40.3 Å². The predicted molar refractivity (Wildman–Crippen MR) is 104 cm³/mol. The van der Waals surface area contributed by atoms with Crippen LogP contribution < -0.4 is 4.74 Å². The number of rotatable bonds is 15. The second kappa shape index (κ2) is 13.3. The largest absolute Gasteiger partial charge is 0.497 e. The van der Waals surface area contributed by atoms with Crippen molar-refractivity contribution in [3.8, 4) is 5.75 Å². The predicted octanol–water partition coefficient (Wildman–Crippen LogP) is 1.87. The molecule has 0 heterocycles. The zero-order valence-corrected chi connectivity index (χ0v) is 17.7. The average molecular weight is 433 g/mol. The van der Waals surface area contributed by atoms with Gasteiger partial charge in [0.1, 0.15) is 31.5 Å². The van der Waals surface area contributed by atoms with Gasteiger partial charge in [-0.05, 0) is 23.2 Å². The maximum Gasteiger partial charge on any atom is 0.264 e. The smallest absolute Gasteiger partial charge is 0.264 e. The van der Waals surface area contributed by atoms with Crippen molar-refractivity contribution in [2.24, 2.45) is 5.11 Å².